The second-order valence-electron chi connectivity index (χ2n) is 1.60. The van der Waals surface area contributed by atoms with E-state index >= 15 is 0 Å². The van der Waals surface area contributed by atoms with Gasteiger partial charge in [0.2, 0.25) is 0 Å². The fraction of sp³-hybridized carbons (Fsp3) is 0.750. The maximum Gasteiger partial charge on any atom is 2.00 e. The maximum absolute atomic E-state index is 9.86. The zero-order valence-electron chi connectivity index (χ0n) is 7.24. The molecule has 0 aliphatic carbocycles. The predicted molar refractivity (Wildman–Crippen MR) is 35.3 cm³/mol. The number of hydrogen-bond acceptors (Lipinski definition) is 3. The van der Waals surface area contributed by atoms with Gasteiger partial charge in [-0.15, -0.1) is 0 Å². The minimum absolute atomic E-state index is 0. The summed E-state index contributed by atoms with van der Waals surface area (Å²) in [4.78, 5) is 9.86. The molecule has 0 aromatic rings. The van der Waals surface area contributed by atoms with Gasteiger partial charge in [0.05, 0.1) is 6.10 Å². The van der Waals surface area contributed by atoms with Crippen LogP contribution in [-0.2, 0) is 4.79 Å². The van der Waals surface area contributed by atoms with Gasteiger partial charge in [-0.3, -0.25) is 4.79 Å². The number of carbonyl (C=O) groups is 1. The number of aliphatic hydroxyl groups is 1. The summed E-state index contributed by atoms with van der Waals surface area (Å²) >= 11 is 0. The molecule has 4 N–H and O–H groups in total. The molecule has 0 amide bonds. The Labute approximate surface area is 86.0 Å². The van der Waals surface area contributed by atoms with Crippen LogP contribution in [-0.4, -0.2) is 66.1 Å². The van der Waals surface area contributed by atoms with Crippen LogP contribution in [0.2, 0.25) is 0 Å². The van der Waals surface area contributed by atoms with Crippen molar-refractivity contribution < 1.29 is 17.9 Å². The van der Waals surface area contributed by atoms with Crippen LogP contribution in [0.15, 0.2) is 0 Å². The second-order valence-corrected chi connectivity index (χ2v) is 1.60. The molecular weight excluding hydrogens is 150 g/mol. The fourth-order valence-corrected chi connectivity index (χ4v) is 0.206. The molecule has 2 atom stereocenters. The summed E-state index contributed by atoms with van der Waals surface area (Å²) < 4.78 is 0. The van der Waals surface area contributed by atoms with E-state index in [2.05, 4.69) is 0 Å². The molecule has 1 unspecified atom stereocenters. The number of aliphatic carboxylic acids is 1. The number of carboxylic acid groups (broad SMARTS) is 1. The summed E-state index contributed by atoms with van der Waals surface area (Å²) in [5.41, 5.74) is 4.91. The van der Waals surface area contributed by atoms with E-state index in [-0.39, 0.29) is 40.6 Å². The molecule has 0 bridgehead atoms. The third kappa shape index (κ3) is 5.11. The Morgan fingerprint density at radius 3 is 2.11 bits per heavy atom. The maximum atomic E-state index is 9.86. The molecule has 0 rings (SSSR count). The Kier molecular flexibility index (Phi) is 7.45. The molecule has 0 aliphatic heterocycles. The molecule has 0 fully saturated rings. The Morgan fingerprint density at radius 1 is 1.78 bits per heavy atom. The van der Waals surface area contributed by atoms with Gasteiger partial charge in [0, 0.05) is 0 Å². The fourth-order valence-electron chi connectivity index (χ4n) is 0.206. The molecule has 0 aliphatic rings. The molecule has 0 spiro atoms. The van der Waals surface area contributed by atoms with E-state index in [0.29, 0.717) is 0 Å². The van der Waals surface area contributed by atoms with Crippen molar-refractivity contribution in [1.29, 1.82) is 0 Å². The van der Waals surface area contributed by atoms with Crippen molar-refractivity contribution in [1.82, 2.24) is 0 Å². The zero-order valence-corrected chi connectivity index (χ0v) is 7.45. The van der Waals surface area contributed by atoms with Crippen molar-refractivity contribution in [2.24, 2.45) is 5.73 Å². The first-order valence-corrected chi connectivity index (χ1v) is 2.22. The van der Waals surface area contributed by atoms with E-state index < -0.39 is 18.1 Å². The average molecular weight is 161 g/mol. The molecular formula is C4H11CaNO3. The summed E-state index contributed by atoms with van der Waals surface area (Å²) in [6, 6.07) is -1.16. The van der Waals surface area contributed by atoms with Crippen LogP contribution in [0, 0.1) is 0 Å². The first-order chi connectivity index (χ1) is 3.55. The minimum Gasteiger partial charge on any atom is -1.00 e. The number of aliphatic hydroxyl groups excluding tert-OH is 1. The molecule has 0 radical (unpaired) electrons. The Morgan fingerprint density at radius 2 is 2.11 bits per heavy atom. The van der Waals surface area contributed by atoms with Gasteiger partial charge in [0.1, 0.15) is 6.04 Å². The van der Waals surface area contributed by atoms with Gasteiger partial charge in [-0.25, -0.2) is 0 Å². The van der Waals surface area contributed by atoms with Crippen LogP contribution in [0.4, 0.5) is 0 Å². The van der Waals surface area contributed by atoms with Gasteiger partial charge in [0.15, 0.2) is 0 Å². The van der Waals surface area contributed by atoms with E-state index in [4.69, 9.17) is 15.9 Å². The molecule has 0 aromatic carbocycles. The molecule has 0 aromatic heterocycles. The normalized spacial score (nSPS) is 15.4. The Hall–Kier alpha value is 0.650. The third-order valence-corrected chi connectivity index (χ3v) is 0.805. The van der Waals surface area contributed by atoms with E-state index in [1.54, 1.807) is 0 Å². The van der Waals surface area contributed by atoms with Crippen molar-refractivity contribution >= 4 is 43.7 Å². The SMILES string of the molecule is CC(O)[C@H](N)C(=O)O.[Ca+2].[H-].[H-]. The number of rotatable bonds is 2. The van der Waals surface area contributed by atoms with Gasteiger partial charge >= 0.3 is 43.7 Å². The van der Waals surface area contributed by atoms with Gasteiger partial charge in [-0.1, -0.05) is 0 Å². The summed E-state index contributed by atoms with van der Waals surface area (Å²) in [5, 5.41) is 16.6. The van der Waals surface area contributed by atoms with Gasteiger partial charge in [-0.2, -0.15) is 0 Å². The first kappa shape index (κ1) is 12.3. The van der Waals surface area contributed by atoms with E-state index in [1.165, 1.54) is 6.92 Å². The largest absolute Gasteiger partial charge is 2.00 e. The standard InChI is InChI=1S/C4H9NO3.Ca.2H/c1-2(6)3(5)4(7)8;;;/h2-3,6H,5H2,1H3,(H,7,8);;;/q;+2;2*-1/t2?,3-;;;/m0.../s1. The van der Waals surface area contributed by atoms with Crippen molar-refractivity contribution in [3.8, 4) is 0 Å². The molecule has 9 heavy (non-hydrogen) atoms. The van der Waals surface area contributed by atoms with Gasteiger partial charge in [0.25, 0.3) is 0 Å². The Balaban J connectivity index is -0.0000000817. The van der Waals surface area contributed by atoms with Crippen LogP contribution in [0.1, 0.15) is 9.78 Å². The predicted octanol–water partition coefficient (Wildman–Crippen LogP) is -1.38. The molecule has 52 valence electrons. The number of carboxylic acids is 1. The summed E-state index contributed by atoms with van der Waals surface area (Å²) in [5.74, 6) is -1.18. The van der Waals surface area contributed by atoms with Gasteiger partial charge in [-0.05, 0) is 6.92 Å². The molecule has 0 heterocycles. The van der Waals surface area contributed by atoms with Crippen LogP contribution in [0.5, 0.6) is 0 Å². The number of nitrogens with two attached hydrogens (primary N) is 1. The van der Waals surface area contributed by atoms with Crippen LogP contribution in [0.3, 0.4) is 0 Å². The molecule has 4 nitrogen and oxygen atoms in total. The molecule has 0 saturated carbocycles. The van der Waals surface area contributed by atoms with Crippen LogP contribution in [0.25, 0.3) is 0 Å². The van der Waals surface area contributed by atoms with Crippen molar-refractivity contribution in [2.75, 3.05) is 0 Å². The molecule has 5 heteroatoms. The quantitative estimate of drug-likeness (QED) is 0.436. The van der Waals surface area contributed by atoms with Crippen LogP contribution >= 0.6 is 0 Å². The topological polar surface area (TPSA) is 83.5 Å². The van der Waals surface area contributed by atoms with Crippen molar-refractivity contribution in [3.05, 3.63) is 0 Å². The first-order valence-electron chi connectivity index (χ1n) is 2.22. The Bertz CT molecular complexity index is 103. The smallest absolute Gasteiger partial charge is 1.00 e. The zero-order chi connectivity index (χ0) is 6.73. The monoisotopic (exact) mass is 161 g/mol. The summed E-state index contributed by atoms with van der Waals surface area (Å²) in [6.45, 7) is 1.33. The van der Waals surface area contributed by atoms with E-state index in [1.807, 2.05) is 0 Å². The second kappa shape index (κ2) is 5.44. The van der Waals surface area contributed by atoms with Gasteiger partial charge < -0.3 is 18.8 Å². The van der Waals surface area contributed by atoms with E-state index in [9.17, 15) is 4.79 Å². The minimum atomic E-state index is -1.18. The molecule has 0 saturated heterocycles. The van der Waals surface area contributed by atoms with Crippen molar-refractivity contribution in [3.63, 3.8) is 0 Å². The third-order valence-electron chi connectivity index (χ3n) is 0.805. The van der Waals surface area contributed by atoms with Crippen LogP contribution < -0.4 is 5.73 Å². The summed E-state index contributed by atoms with van der Waals surface area (Å²) in [6.07, 6.45) is -0.979. The number of hydrogen-bond donors (Lipinski definition) is 3. The average Bonchev–Trinajstić information content (AvgIpc) is 1.64. The summed E-state index contributed by atoms with van der Waals surface area (Å²) in [7, 11) is 0. The van der Waals surface area contributed by atoms with E-state index in [0.717, 1.165) is 0 Å². The van der Waals surface area contributed by atoms with Crippen molar-refractivity contribution in [2.45, 2.75) is 19.1 Å².